The van der Waals surface area contributed by atoms with Gasteiger partial charge in [0.25, 0.3) is 0 Å². The van der Waals surface area contributed by atoms with Gasteiger partial charge in [0.2, 0.25) is 17.7 Å². The Labute approximate surface area is 177 Å². The van der Waals surface area contributed by atoms with Gasteiger partial charge in [-0.05, 0) is 30.3 Å². The molecule has 10 heteroatoms. The number of carboxylic acid groups (broad SMARTS) is 1. The van der Waals surface area contributed by atoms with E-state index in [0.29, 0.717) is 18.6 Å². The summed E-state index contributed by atoms with van der Waals surface area (Å²) in [5.41, 5.74) is 5.83. The van der Waals surface area contributed by atoms with Crippen LogP contribution in [-0.2, 0) is 19.2 Å². The van der Waals surface area contributed by atoms with E-state index in [1.54, 1.807) is 6.92 Å². The average Bonchev–Trinajstić information content (AvgIpc) is 2.70. The third kappa shape index (κ3) is 9.98. The molecule has 9 nitrogen and oxygen atoms in total. The summed E-state index contributed by atoms with van der Waals surface area (Å²) in [6.07, 6.45) is 3.53. The first kappa shape index (κ1) is 27.2. The maximum absolute atomic E-state index is 12.6. The van der Waals surface area contributed by atoms with E-state index in [2.05, 4.69) is 16.0 Å². The number of hydrogen-bond donors (Lipinski definition) is 5. The summed E-state index contributed by atoms with van der Waals surface area (Å²) >= 11 is 1.50. The first-order chi connectivity index (χ1) is 13.6. The van der Waals surface area contributed by atoms with Crippen LogP contribution in [0, 0.1) is 11.8 Å². The Morgan fingerprint density at radius 2 is 1.59 bits per heavy atom. The second kappa shape index (κ2) is 14.2. The number of rotatable bonds is 14. The zero-order valence-corrected chi connectivity index (χ0v) is 18.8. The van der Waals surface area contributed by atoms with Crippen molar-refractivity contribution in [1.82, 2.24) is 16.0 Å². The number of carbonyl (C=O) groups excluding carboxylic acids is 3. The number of hydrogen-bond acceptors (Lipinski definition) is 6. The first-order valence-electron chi connectivity index (χ1n) is 9.93. The van der Waals surface area contributed by atoms with Crippen LogP contribution in [0.2, 0.25) is 0 Å². The molecule has 0 aromatic heterocycles. The van der Waals surface area contributed by atoms with Crippen molar-refractivity contribution in [3.05, 3.63) is 0 Å². The van der Waals surface area contributed by atoms with E-state index in [0.717, 1.165) is 6.42 Å². The maximum atomic E-state index is 12.6. The number of thioether (sulfide) groups is 1. The topological polar surface area (TPSA) is 151 Å². The van der Waals surface area contributed by atoms with Crippen LogP contribution in [0.5, 0.6) is 0 Å². The molecule has 5 unspecified atom stereocenters. The highest BCUT2D eigenvalue weighted by atomic mass is 32.2. The van der Waals surface area contributed by atoms with Gasteiger partial charge in [0.05, 0.1) is 12.6 Å². The zero-order valence-electron chi connectivity index (χ0n) is 18.0. The van der Waals surface area contributed by atoms with Crippen LogP contribution in [0.1, 0.15) is 47.0 Å². The highest BCUT2D eigenvalue weighted by Gasteiger charge is 2.29. The highest BCUT2D eigenvalue weighted by Crippen LogP contribution is 2.09. The lowest BCUT2D eigenvalue weighted by Gasteiger charge is -2.24. The number of carboxylic acids is 1. The number of carbonyl (C=O) groups is 4. The molecule has 5 atom stereocenters. The molecule has 0 aliphatic heterocycles. The lowest BCUT2D eigenvalue weighted by Crippen LogP contribution is -2.55. The minimum Gasteiger partial charge on any atom is -0.480 e. The highest BCUT2D eigenvalue weighted by molar-refractivity contribution is 7.98. The number of aliphatic carboxylic acids is 1. The molecular weight excluding hydrogens is 396 g/mol. The fourth-order valence-corrected chi connectivity index (χ4v) is 2.96. The van der Waals surface area contributed by atoms with Crippen molar-refractivity contribution in [2.75, 3.05) is 18.6 Å². The van der Waals surface area contributed by atoms with Gasteiger partial charge in [-0.1, -0.05) is 40.5 Å². The summed E-state index contributed by atoms with van der Waals surface area (Å²) in [6, 6.07) is -2.63. The molecule has 0 saturated carbocycles. The molecule has 0 aromatic rings. The molecule has 0 aromatic carbocycles. The molecule has 29 heavy (non-hydrogen) atoms. The van der Waals surface area contributed by atoms with Crippen LogP contribution in [0.3, 0.4) is 0 Å². The third-order valence-electron chi connectivity index (χ3n) is 5.02. The van der Waals surface area contributed by atoms with Crippen molar-refractivity contribution in [2.45, 2.75) is 65.1 Å². The van der Waals surface area contributed by atoms with Crippen molar-refractivity contribution in [1.29, 1.82) is 0 Å². The Morgan fingerprint density at radius 3 is 2.07 bits per heavy atom. The molecule has 0 aliphatic carbocycles. The van der Waals surface area contributed by atoms with E-state index < -0.39 is 41.8 Å². The van der Waals surface area contributed by atoms with Crippen LogP contribution in [-0.4, -0.2) is 65.5 Å². The van der Waals surface area contributed by atoms with Gasteiger partial charge in [0.15, 0.2) is 0 Å². The minimum atomic E-state index is -1.12. The monoisotopic (exact) mass is 432 g/mol. The summed E-state index contributed by atoms with van der Waals surface area (Å²) in [7, 11) is 0. The normalized spacial score (nSPS) is 16.1. The predicted molar refractivity (Wildman–Crippen MR) is 114 cm³/mol. The Balaban J connectivity index is 4.92. The van der Waals surface area contributed by atoms with Crippen molar-refractivity contribution >= 4 is 35.5 Å². The molecule has 0 aliphatic rings. The van der Waals surface area contributed by atoms with Gasteiger partial charge in [-0.3, -0.25) is 14.4 Å². The Kier molecular flexibility index (Phi) is 13.3. The largest absolute Gasteiger partial charge is 0.480 e. The van der Waals surface area contributed by atoms with Crippen LogP contribution >= 0.6 is 11.8 Å². The van der Waals surface area contributed by atoms with Gasteiger partial charge in [0, 0.05) is 0 Å². The predicted octanol–water partition coefficient (Wildman–Crippen LogP) is 0.329. The molecule has 0 heterocycles. The summed E-state index contributed by atoms with van der Waals surface area (Å²) in [6.45, 7) is 7.05. The van der Waals surface area contributed by atoms with Gasteiger partial charge in [-0.25, -0.2) is 4.79 Å². The smallest absolute Gasteiger partial charge is 0.326 e. The van der Waals surface area contributed by atoms with Crippen molar-refractivity contribution < 1.29 is 24.3 Å². The molecular formula is C19H36N4O5S. The molecule has 3 amide bonds. The summed E-state index contributed by atoms with van der Waals surface area (Å²) in [5, 5.41) is 16.9. The molecule has 6 N–H and O–H groups in total. The third-order valence-corrected chi connectivity index (χ3v) is 5.67. The van der Waals surface area contributed by atoms with Crippen LogP contribution < -0.4 is 21.7 Å². The lowest BCUT2D eigenvalue weighted by molar-refractivity contribution is -0.143. The zero-order chi connectivity index (χ0) is 22.6. The average molecular weight is 433 g/mol. The number of nitrogens with two attached hydrogens (primary N) is 1. The molecule has 0 bridgehead atoms. The fraction of sp³-hybridized carbons (Fsp3) is 0.789. The molecule has 0 rings (SSSR count). The molecule has 168 valence electrons. The second-order valence-corrected chi connectivity index (χ2v) is 8.23. The quantitative estimate of drug-likeness (QED) is 0.265. The lowest BCUT2D eigenvalue weighted by atomic mass is 9.98. The number of nitrogens with one attached hydrogen (secondary N) is 3. The van der Waals surface area contributed by atoms with Crippen LogP contribution in [0.15, 0.2) is 0 Å². The molecule has 0 radical (unpaired) electrons. The summed E-state index contributed by atoms with van der Waals surface area (Å²) in [4.78, 5) is 48.3. The van der Waals surface area contributed by atoms with E-state index in [-0.39, 0.29) is 18.4 Å². The van der Waals surface area contributed by atoms with E-state index in [9.17, 15) is 24.3 Å². The van der Waals surface area contributed by atoms with Gasteiger partial charge in [-0.15, -0.1) is 0 Å². The van der Waals surface area contributed by atoms with E-state index >= 15 is 0 Å². The van der Waals surface area contributed by atoms with Crippen LogP contribution in [0.4, 0.5) is 0 Å². The maximum Gasteiger partial charge on any atom is 0.326 e. The SMILES string of the molecule is CCC(C)C(N)C(=O)NCC(=O)NC(CCSC)C(=O)NC(C(=O)O)C(C)CC. The van der Waals surface area contributed by atoms with Crippen LogP contribution in [0.25, 0.3) is 0 Å². The Morgan fingerprint density at radius 1 is 1.00 bits per heavy atom. The molecule has 0 fully saturated rings. The van der Waals surface area contributed by atoms with E-state index in [1.807, 2.05) is 27.0 Å². The van der Waals surface area contributed by atoms with Crippen molar-refractivity contribution in [3.63, 3.8) is 0 Å². The fourth-order valence-electron chi connectivity index (χ4n) is 2.48. The Hall–Kier alpha value is -1.81. The van der Waals surface area contributed by atoms with Crippen molar-refractivity contribution in [2.24, 2.45) is 17.6 Å². The van der Waals surface area contributed by atoms with Gasteiger partial charge >= 0.3 is 5.97 Å². The minimum absolute atomic E-state index is 0.0216. The first-order valence-corrected chi connectivity index (χ1v) is 11.3. The van der Waals surface area contributed by atoms with Crippen molar-refractivity contribution in [3.8, 4) is 0 Å². The second-order valence-electron chi connectivity index (χ2n) is 7.24. The molecule has 0 saturated heterocycles. The van der Waals surface area contributed by atoms with Gasteiger partial charge in [-0.2, -0.15) is 11.8 Å². The van der Waals surface area contributed by atoms with E-state index in [4.69, 9.17) is 5.73 Å². The van der Waals surface area contributed by atoms with E-state index in [1.165, 1.54) is 11.8 Å². The standard InChI is InChI=1S/C19H36N4O5S/c1-6-11(3)15(20)18(26)21-10-14(24)22-13(8-9-29-5)17(25)23-16(19(27)28)12(4)7-2/h11-13,15-16H,6-10,20H2,1-5H3,(H,21,26)(H,22,24)(H,23,25)(H,27,28). The molecule has 0 spiro atoms. The Bertz CT molecular complexity index is 561. The van der Waals surface area contributed by atoms with Gasteiger partial charge < -0.3 is 26.8 Å². The number of amides is 3. The van der Waals surface area contributed by atoms with Gasteiger partial charge in [0.1, 0.15) is 12.1 Å². The summed E-state index contributed by atoms with van der Waals surface area (Å²) in [5.74, 6) is -2.31. The summed E-state index contributed by atoms with van der Waals surface area (Å²) < 4.78 is 0.